The lowest BCUT2D eigenvalue weighted by Crippen LogP contribution is -2.47. The lowest BCUT2D eigenvalue weighted by atomic mass is 9.84. The van der Waals surface area contributed by atoms with E-state index in [2.05, 4.69) is 31.0 Å². The molecule has 0 aliphatic carbocycles. The topological polar surface area (TPSA) is 35.5 Å². The fourth-order valence-electron chi connectivity index (χ4n) is 2.81. The number of aliphatic hydroxyl groups excluding tert-OH is 1. The fraction of sp³-hybridized carbons (Fsp3) is 1.00. The summed E-state index contributed by atoms with van der Waals surface area (Å²) in [4.78, 5) is 2.63. The van der Waals surface area contributed by atoms with Crippen LogP contribution >= 0.6 is 0 Å². The highest BCUT2D eigenvalue weighted by Gasteiger charge is 2.32. The molecule has 0 spiro atoms. The van der Waals surface area contributed by atoms with E-state index in [1.807, 2.05) is 7.05 Å². The van der Waals surface area contributed by atoms with E-state index in [-0.39, 0.29) is 0 Å². The summed E-state index contributed by atoms with van der Waals surface area (Å²) >= 11 is 0. The van der Waals surface area contributed by atoms with Gasteiger partial charge in [0.2, 0.25) is 0 Å². The molecule has 1 fully saturated rings. The largest absolute Gasteiger partial charge is 0.396 e. The van der Waals surface area contributed by atoms with Gasteiger partial charge in [-0.1, -0.05) is 13.8 Å². The van der Waals surface area contributed by atoms with E-state index >= 15 is 0 Å². The monoisotopic (exact) mass is 242 g/mol. The average Bonchev–Trinajstić information content (AvgIpc) is 2.71. The lowest BCUT2D eigenvalue weighted by molar-refractivity contribution is 0.127. The van der Waals surface area contributed by atoms with Gasteiger partial charge in [0.05, 0.1) is 0 Å². The molecule has 1 aliphatic heterocycles. The molecule has 1 rings (SSSR count). The number of rotatable bonds is 7. The zero-order valence-corrected chi connectivity index (χ0v) is 12.0. The highest BCUT2D eigenvalue weighted by molar-refractivity contribution is 4.88. The second kappa shape index (κ2) is 6.72. The van der Waals surface area contributed by atoms with E-state index < -0.39 is 0 Å². The van der Waals surface area contributed by atoms with E-state index in [9.17, 15) is 0 Å². The Morgan fingerprint density at radius 2 is 2.18 bits per heavy atom. The minimum absolute atomic E-state index is 0.302. The highest BCUT2D eigenvalue weighted by atomic mass is 16.2. The van der Waals surface area contributed by atoms with E-state index in [1.165, 1.54) is 19.4 Å². The van der Waals surface area contributed by atoms with Gasteiger partial charge in [0, 0.05) is 25.2 Å². The first-order valence-corrected chi connectivity index (χ1v) is 7.03. The summed E-state index contributed by atoms with van der Waals surface area (Å²) < 4.78 is 0. The number of hydrogen-bond acceptors (Lipinski definition) is 3. The molecule has 0 saturated carbocycles. The highest BCUT2D eigenvalue weighted by Crippen LogP contribution is 2.28. The van der Waals surface area contributed by atoms with E-state index in [0.29, 0.717) is 24.1 Å². The van der Waals surface area contributed by atoms with Crippen LogP contribution in [-0.4, -0.2) is 48.8 Å². The Morgan fingerprint density at radius 1 is 1.47 bits per heavy atom. The van der Waals surface area contributed by atoms with Crippen molar-refractivity contribution in [2.24, 2.45) is 5.41 Å². The van der Waals surface area contributed by atoms with Crippen molar-refractivity contribution in [3.8, 4) is 0 Å². The number of nitrogens with zero attached hydrogens (tertiary/aromatic N) is 1. The van der Waals surface area contributed by atoms with Crippen molar-refractivity contribution >= 4 is 0 Å². The molecule has 17 heavy (non-hydrogen) atoms. The van der Waals surface area contributed by atoms with E-state index in [0.717, 1.165) is 19.4 Å². The summed E-state index contributed by atoms with van der Waals surface area (Å²) in [5.74, 6) is 0. The molecule has 1 saturated heterocycles. The zero-order valence-electron chi connectivity index (χ0n) is 12.0. The van der Waals surface area contributed by atoms with Crippen molar-refractivity contribution < 1.29 is 5.11 Å². The van der Waals surface area contributed by atoms with Gasteiger partial charge in [-0.2, -0.15) is 0 Å². The van der Waals surface area contributed by atoms with Crippen molar-refractivity contribution in [2.45, 2.75) is 58.5 Å². The van der Waals surface area contributed by atoms with Gasteiger partial charge < -0.3 is 10.4 Å². The van der Waals surface area contributed by atoms with Gasteiger partial charge in [0.1, 0.15) is 0 Å². The molecule has 0 radical (unpaired) electrons. The smallest absolute Gasteiger partial charge is 0.0431 e. The van der Waals surface area contributed by atoms with Gasteiger partial charge in [0.25, 0.3) is 0 Å². The normalized spacial score (nSPS) is 24.2. The van der Waals surface area contributed by atoms with Crippen LogP contribution in [0.5, 0.6) is 0 Å². The maximum atomic E-state index is 8.94. The summed E-state index contributed by atoms with van der Waals surface area (Å²) in [6.45, 7) is 9.67. The number of nitrogens with one attached hydrogen (secondary N) is 1. The van der Waals surface area contributed by atoms with Crippen LogP contribution in [0.15, 0.2) is 0 Å². The van der Waals surface area contributed by atoms with Gasteiger partial charge >= 0.3 is 0 Å². The predicted molar refractivity (Wildman–Crippen MR) is 73.2 cm³/mol. The van der Waals surface area contributed by atoms with E-state index in [4.69, 9.17) is 5.11 Å². The second-order valence-electron chi connectivity index (χ2n) is 6.13. The molecule has 0 amide bonds. The Morgan fingerprint density at radius 3 is 2.76 bits per heavy atom. The Labute approximate surface area is 107 Å². The molecule has 3 nitrogen and oxygen atoms in total. The average molecular weight is 242 g/mol. The zero-order chi connectivity index (χ0) is 12.9. The Bertz CT molecular complexity index is 218. The molecule has 1 heterocycles. The molecule has 0 bridgehead atoms. The SMILES string of the molecule is CNC(C)C(C)(C)CN1CCCC1CCCO. The molecule has 0 aromatic rings. The minimum atomic E-state index is 0.302. The molecule has 2 atom stereocenters. The van der Waals surface area contributed by atoms with Crippen molar-refractivity contribution in [1.29, 1.82) is 0 Å². The Kier molecular flexibility index (Phi) is 5.90. The quantitative estimate of drug-likeness (QED) is 0.715. The molecular weight excluding hydrogens is 212 g/mol. The van der Waals surface area contributed by atoms with Crippen LogP contribution in [0.3, 0.4) is 0 Å². The summed E-state index contributed by atoms with van der Waals surface area (Å²) in [7, 11) is 2.04. The maximum Gasteiger partial charge on any atom is 0.0431 e. The molecule has 2 N–H and O–H groups in total. The van der Waals surface area contributed by atoms with Crippen LogP contribution in [0.1, 0.15) is 46.5 Å². The van der Waals surface area contributed by atoms with Crippen LogP contribution in [-0.2, 0) is 0 Å². The number of aliphatic hydroxyl groups is 1. The summed E-state index contributed by atoms with van der Waals surface area (Å²) in [6, 6.07) is 1.23. The summed E-state index contributed by atoms with van der Waals surface area (Å²) in [5.41, 5.74) is 0.302. The second-order valence-corrected chi connectivity index (χ2v) is 6.13. The minimum Gasteiger partial charge on any atom is -0.396 e. The molecule has 2 unspecified atom stereocenters. The molecule has 3 heteroatoms. The number of hydrogen-bond donors (Lipinski definition) is 2. The van der Waals surface area contributed by atoms with Crippen molar-refractivity contribution in [1.82, 2.24) is 10.2 Å². The Hall–Kier alpha value is -0.120. The first-order valence-electron chi connectivity index (χ1n) is 7.03. The summed E-state index contributed by atoms with van der Waals surface area (Å²) in [6.07, 6.45) is 4.73. The summed E-state index contributed by atoms with van der Waals surface area (Å²) in [5, 5.41) is 12.3. The van der Waals surface area contributed by atoms with Gasteiger partial charge in [-0.25, -0.2) is 0 Å². The third-order valence-corrected chi connectivity index (χ3v) is 4.41. The molecule has 102 valence electrons. The lowest BCUT2D eigenvalue weighted by Gasteiger charge is -2.38. The van der Waals surface area contributed by atoms with Crippen molar-refractivity contribution in [3.05, 3.63) is 0 Å². The van der Waals surface area contributed by atoms with Crippen LogP contribution in [0.4, 0.5) is 0 Å². The van der Waals surface area contributed by atoms with E-state index in [1.54, 1.807) is 0 Å². The standard InChI is InChI=1S/C14H30N2O/c1-12(15-4)14(2,3)11-16-9-5-7-13(16)8-6-10-17/h12-13,15,17H,5-11H2,1-4H3. The molecule has 0 aromatic heterocycles. The molecule has 1 aliphatic rings. The first-order chi connectivity index (χ1) is 8.01. The fourth-order valence-corrected chi connectivity index (χ4v) is 2.81. The van der Waals surface area contributed by atoms with Crippen LogP contribution < -0.4 is 5.32 Å². The number of likely N-dealkylation sites (tertiary alicyclic amines) is 1. The van der Waals surface area contributed by atoms with Crippen molar-refractivity contribution in [2.75, 3.05) is 26.7 Å². The Balaban J connectivity index is 2.48. The van der Waals surface area contributed by atoms with Crippen LogP contribution in [0.25, 0.3) is 0 Å². The maximum absolute atomic E-state index is 8.94. The van der Waals surface area contributed by atoms with Gasteiger partial charge in [-0.15, -0.1) is 0 Å². The molecule has 0 aromatic carbocycles. The first kappa shape index (κ1) is 14.9. The van der Waals surface area contributed by atoms with Gasteiger partial charge in [-0.05, 0) is 51.6 Å². The van der Waals surface area contributed by atoms with Crippen LogP contribution in [0, 0.1) is 5.41 Å². The van der Waals surface area contributed by atoms with Crippen molar-refractivity contribution in [3.63, 3.8) is 0 Å². The van der Waals surface area contributed by atoms with Gasteiger partial charge in [0.15, 0.2) is 0 Å². The predicted octanol–water partition coefficient (Wildman–Crippen LogP) is 1.86. The van der Waals surface area contributed by atoms with Gasteiger partial charge in [-0.3, -0.25) is 4.90 Å². The third kappa shape index (κ3) is 4.23. The molecular formula is C14H30N2O. The third-order valence-electron chi connectivity index (χ3n) is 4.41. The van der Waals surface area contributed by atoms with Crippen LogP contribution in [0.2, 0.25) is 0 Å².